The summed E-state index contributed by atoms with van der Waals surface area (Å²) in [5.41, 5.74) is 0.584. The molecule has 2 heterocycles. The molecule has 2 fully saturated rings. The summed E-state index contributed by atoms with van der Waals surface area (Å²) in [5.74, 6) is -0.0310. The van der Waals surface area contributed by atoms with Gasteiger partial charge >= 0.3 is 6.03 Å². The van der Waals surface area contributed by atoms with E-state index in [1.54, 1.807) is 11.3 Å². The molecule has 1 aliphatic carbocycles. The molecule has 5 nitrogen and oxygen atoms in total. The van der Waals surface area contributed by atoms with Gasteiger partial charge in [-0.05, 0) is 42.3 Å². The van der Waals surface area contributed by atoms with Crippen LogP contribution in [0.25, 0.3) is 0 Å². The Morgan fingerprint density at radius 3 is 2.64 bits per heavy atom. The van der Waals surface area contributed by atoms with Gasteiger partial charge in [-0.1, -0.05) is 25.7 Å². The zero-order valence-electron chi connectivity index (χ0n) is 13.0. The Morgan fingerprint density at radius 1 is 1.27 bits per heavy atom. The average Bonchev–Trinajstić information content (AvgIpc) is 2.97. The normalized spacial score (nSPS) is 21.5. The molecule has 1 saturated heterocycles. The first-order valence-corrected chi connectivity index (χ1v) is 8.89. The molecule has 1 spiro atoms. The summed E-state index contributed by atoms with van der Waals surface area (Å²) in [7, 11) is 1.94. The number of nitrogens with zero attached hydrogens (tertiary/aromatic N) is 2. The number of rotatable bonds is 4. The Kier molecular flexibility index (Phi) is 4.49. The number of imide groups is 1. The Hall–Kier alpha value is -1.40. The van der Waals surface area contributed by atoms with E-state index in [4.69, 9.17) is 0 Å². The number of hydrogen-bond donors (Lipinski definition) is 1. The molecule has 0 radical (unpaired) electrons. The van der Waals surface area contributed by atoms with Crippen LogP contribution >= 0.6 is 11.3 Å². The van der Waals surface area contributed by atoms with Crippen LogP contribution in [-0.4, -0.2) is 41.0 Å². The van der Waals surface area contributed by atoms with Crippen molar-refractivity contribution < 1.29 is 9.59 Å². The lowest BCUT2D eigenvalue weighted by Crippen LogP contribution is -2.47. The fourth-order valence-corrected chi connectivity index (χ4v) is 4.12. The lowest BCUT2D eigenvalue weighted by molar-refractivity contribution is -0.133. The number of thiophene rings is 1. The van der Waals surface area contributed by atoms with Gasteiger partial charge in [-0.3, -0.25) is 9.69 Å². The van der Waals surface area contributed by atoms with E-state index in [1.165, 1.54) is 10.5 Å². The highest BCUT2D eigenvalue weighted by molar-refractivity contribution is 7.07. The molecule has 22 heavy (non-hydrogen) atoms. The minimum Gasteiger partial charge on any atom is -0.323 e. The van der Waals surface area contributed by atoms with Crippen molar-refractivity contribution >= 4 is 23.3 Å². The second-order valence-electron chi connectivity index (χ2n) is 6.45. The fraction of sp³-hybridized carbons (Fsp3) is 0.625. The van der Waals surface area contributed by atoms with E-state index in [0.29, 0.717) is 6.67 Å². The molecule has 3 amide bonds. The van der Waals surface area contributed by atoms with Crippen LogP contribution in [0.3, 0.4) is 0 Å². The molecule has 2 aliphatic rings. The zero-order valence-corrected chi connectivity index (χ0v) is 13.8. The smallest absolute Gasteiger partial charge is 0.323 e. The fourth-order valence-electron chi connectivity index (χ4n) is 3.46. The quantitative estimate of drug-likeness (QED) is 0.868. The number of carbonyl (C=O) groups is 2. The van der Waals surface area contributed by atoms with Gasteiger partial charge in [0.05, 0.1) is 6.67 Å². The van der Waals surface area contributed by atoms with Gasteiger partial charge < -0.3 is 5.32 Å². The van der Waals surface area contributed by atoms with E-state index < -0.39 is 5.54 Å². The first kappa shape index (κ1) is 15.5. The maximum absolute atomic E-state index is 12.8. The molecular formula is C16H23N3O2S. The topological polar surface area (TPSA) is 52.6 Å². The van der Waals surface area contributed by atoms with Crippen molar-refractivity contribution in [1.29, 1.82) is 0 Å². The van der Waals surface area contributed by atoms with Gasteiger partial charge in [0.2, 0.25) is 0 Å². The molecule has 1 aromatic rings. The molecule has 1 aromatic heterocycles. The van der Waals surface area contributed by atoms with E-state index in [2.05, 4.69) is 16.8 Å². The van der Waals surface area contributed by atoms with Gasteiger partial charge in [0.1, 0.15) is 5.54 Å². The number of hydrogen-bond acceptors (Lipinski definition) is 4. The lowest BCUT2D eigenvalue weighted by atomic mass is 9.90. The minimum absolute atomic E-state index is 0.0310. The molecule has 0 atom stereocenters. The molecule has 0 bridgehead atoms. The molecule has 6 heteroatoms. The van der Waals surface area contributed by atoms with Gasteiger partial charge in [-0.2, -0.15) is 11.3 Å². The summed E-state index contributed by atoms with van der Waals surface area (Å²) in [5, 5.41) is 7.12. The number of urea groups is 1. The van der Waals surface area contributed by atoms with Crippen LogP contribution in [0, 0.1) is 0 Å². The predicted octanol–water partition coefficient (Wildman–Crippen LogP) is 2.78. The molecule has 0 unspecified atom stereocenters. The van der Waals surface area contributed by atoms with Crippen LogP contribution in [0.15, 0.2) is 16.8 Å². The van der Waals surface area contributed by atoms with Gasteiger partial charge in [0.25, 0.3) is 5.91 Å². The largest absolute Gasteiger partial charge is 0.326 e. The van der Waals surface area contributed by atoms with Crippen LogP contribution in [-0.2, 0) is 11.3 Å². The summed E-state index contributed by atoms with van der Waals surface area (Å²) in [6.45, 7) is 1.09. The summed E-state index contributed by atoms with van der Waals surface area (Å²) in [6, 6.07) is 1.84. The molecule has 120 valence electrons. The SMILES string of the molecule is CN(Cc1ccsc1)CN1C(=O)NC2(CCCCCC2)C1=O. The molecule has 0 aromatic carbocycles. The van der Waals surface area contributed by atoms with E-state index >= 15 is 0 Å². The van der Waals surface area contributed by atoms with Crippen LogP contribution in [0.4, 0.5) is 4.79 Å². The highest BCUT2D eigenvalue weighted by atomic mass is 32.1. The van der Waals surface area contributed by atoms with Crippen molar-refractivity contribution in [3.8, 4) is 0 Å². The van der Waals surface area contributed by atoms with E-state index in [9.17, 15) is 9.59 Å². The zero-order chi connectivity index (χ0) is 15.6. The van der Waals surface area contributed by atoms with Crippen molar-refractivity contribution in [2.24, 2.45) is 0 Å². The third-order valence-corrected chi connectivity index (χ3v) is 5.35. The molecule has 1 saturated carbocycles. The second-order valence-corrected chi connectivity index (χ2v) is 7.23. The second kappa shape index (κ2) is 6.38. The van der Waals surface area contributed by atoms with Gasteiger partial charge in [0.15, 0.2) is 0 Å². The van der Waals surface area contributed by atoms with Crippen LogP contribution in [0.1, 0.15) is 44.1 Å². The van der Waals surface area contributed by atoms with Gasteiger partial charge in [-0.25, -0.2) is 9.69 Å². The first-order valence-electron chi connectivity index (χ1n) is 7.94. The lowest BCUT2D eigenvalue weighted by Gasteiger charge is -2.26. The molecule has 1 N–H and O–H groups in total. The third kappa shape index (κ3) is 3.03. The predicted molar refractivity (Wildman–Crippen MR) is 86.5 cm³/mol. The van der Waals surface area contributed by atoms with Crippen LogP contribution in [0.2, 0.25) is 0 Å². The maximum Gasteiger partial charge on any atom is 0.326 e. The van der Waals surface area contributed by atoms with E-state index in [-0.39, 0.29) is 11.9 Å². The van der Waals surface area contributed by atoms with Crippen molar-refractivity contribution in [3.63, 3.8) is 0 Å². The summed E-state index contributed by atoms with van der Waals surface area (Å²) in [4.78, 5) is 28.5. The molecular weight excluding hydrogens is 298 g/mol. The van der Waals surface area contributed by atoms with E-state index in [1.807, 2.05) is 17.3 Å². The summed E-state index contributed by atoms with van der Waals surface area (Å²) < 4.78 is 0. The average molecular weight is 321 g/mol. The summed E-state index contributed by atoms with van der Waals surface area (Å²) in [6.07, 6.45) is 5.91. The monoisotopic (exact) mass is 321 g/mol. The number of nitrogens with one attached hydrogen (secondary N) is 1. The Labute approximate surface area is 135 Å². The number of amides is 3. The maximum atomic E-state index is 12.8. The Balaban J connectivity index is 1.66. The Bertz CT molecular complexity index is 536. The van der Waals surface area contributed by atoms with E-state index in [0.717, 1.165) is 45.1 Å². The van der Waals surface area contributed by atoms with Gasteiger partial charge in [-0.15, -0.1) is 0 Å². The first-order chi connectivity index (χ1) is 10.6. The van der Waals surface area contributed by atoms with Crippen LogP contribution in [0.5, 0.6) is 0 Å². The van der Waals surface area contributed by atoms with Crippen LogP contribution < -0.4 is 5.32 Å². The minimum atomic E-state index is -0.628. The van der Waals surface area contributed by atoms with Gasteiger partial charge in [0, 0.05) is 6.54 Å². The third-order valence-electron chi connectivity index (χ3n) is 4.62. The summed E-state index contributed by atoms with van der Waals surface area (Å²) >= 11 is 1.66. The number of carbonyl (C=O) groups excluding carboxylic acids is 2. The van der Waals surface area contributed by atoms with Crippen molar-refractivity contribution in [2.75, 3.05) is 13.7 Å². The highest BCUT2D eigenvalue weighted by Gasteiger charge is 2.50. The highest BCUT2D eigenvalue weighted by Crippen LogP contribution is 2.32. The molecule has 1 aliphatic heterocycles. The Morgan fingerprint density at radius 2 is 2.00 bits per heavy atom. The molecule has 3 rings (SSSR count). The van der Waals surface area contributed by atoms with Crippen molar-refractivity contribution in [2.45, 2.75) is 50.6 Å². The van der Waals surface area contributed by atoms with Crippen molar-refractivity contribution in [3.05, 3.63) is 22.4 Å². The van der Waals surface area contributed by atoms with Crippen molar-refractivity contribution in [1.82, 2.24) is 15.1 Å². The standard InChI is InChI=1S/C16H23N3O2S/c1-18(10-13-6-9-22-11-13)12-19-14(20)16(17-15(19)21)7-4-2-3-5-8-16/h6,9,11H,2-5,7-8,10,12H2,1H3,(H,17,21).